The minimum Gasteiger partial charge on any atom is -0.300 e. The number of thioether (sulfide) groups is 1. The molecule has 0 aromatic heterocycles. The fourth-order valence-electron chi connectivity index (χ4n) is 1.93. The van der Waals surface area contributed by atoms with Crippen LogP contribution in [0, 0.1) is 12.7 Å². The molecule has 2 aromatic rings. The molecule has 0 unspecified atom stereocenters. The van der Waals surface area contributed by atoms with E-state index in [0.717, 1.165) is 16.8 Å². The maximum Gasteiger partial charge on any atom is 0.264 e. The summed E-state index contributed by atoms with van der Waals surface area (Å²) < 4.78 is 12.9. The Labute approximate surface area is 132 Å². The van der Waals surface area contributed by atoms with Crippen LogP contribution < -0.4 is 5.32 Å². The minimum atomic E-state index is -0.299. The summed E-state index contributed by atoms with van der Waals surface area (Å²) in [6, 6.07) is 13.7. The molecule has 5 heteroatoms. The zero-order valence-corrected chi connectivity index (χ0v) is 12.7. The molecule has 0 bridgehead atoms. The van der Waals surface area contributed by atoms with Crippen molar-refractivity contribution in [2.24, 2.45) is 4.99 Å². The van der Waals surface area contributed by atoms with Crippen LogP contribution in [0.1, 0.15) is 11.1 Å². The van der Waals surface area contributed by atoms with Crippen molar-refractivity contribution in [3.05, 3.63) is 70.4 Å². The molecule has 1 heterocycles. The molecule has 1 aliphatic heterocycles. The smallest absolute Gasteiger partial charge is 0.264 e. The number of halogens is 1. The quantitative estimate of drug-likeness (QED) is 0.851. The molecule has 3 rings (SSSR count). The fourth-order valence-corrected chi connectivity index (χ4v) is 2.77. The Morgan fingerprint density at radius 2 is 1.77 bits per heavy atom. The Kier molecular flexibility index (Phi) is 4.06. The first kappa shape index (κ1) is 14.5. The van der Waals surface area contributed by atoms with Crippen molar-refractivity contribution in [1.29, 1.82) is 0 Å². The second-order valence-corrected chi connectivity index (χ2v) is 5.90. The first-order valence-corrected chi connectivity index (χ1v) is 7.54. The summed E-state index contributed by atoms with van der Waals surface area (Å²) >= 11 is 1.27. The second kappa shape index (κ2) is 6.15. The summed E-state index contributed by atoms with van der Waals surface area (Å²) in [5.74, 6) is -0.493. The van der Waals surface area contributed by atoms with Crippen LogP contribution >= 0.6 is 11.8 Å². The molecule has 1 saturated heterocycles. The maximum absolute atomic E-state index is 12.9. The van der Waals surface area contributed by atoms with Crippen molar-refractivity contribution < 1.29 is 9.18 Å². The van der Waals surface area contributed by atoms with Crippen LogP contribution in [0.15, 0.2) is 58.4 Å². The normalized spacial score (nSPS) is 18.0. The summed E-state index contributed by atoms with van der Waals surface area (Å²) in [6.07, 6.45) is 1.72. The van der Waals surface area contributed by atoms with E-state index in [1.54, 1.807) is 18.2 Å². The number of benzene rings is 2. The van der Waals surface area contributed by atoms with E-state index in [4.69, 9.17) is 0 Å². The molecule has 0 saturated carbocycles. The number of aryl methyl sites for hydroxylation is 1. The number of amides is 1. The highest BCUT2D eigenvalue weighted by molar-refractivity contribution is 8.18. The standard InChI is InChI=1S/C17H13FN2OS/c1-11-2-8-14(9-3-11)19-17-20-16(21)15(22-17)10-12-4-6-13(18)7-5-12/h2-10H,1H3,(H,19,20,21)/b15-10-. The summed E-state index contributed by atoms with van der Waals surface area (Å²) in [4.78, 5) is 16.9. The molecule has 22 heavy (non-hydrogen) atoms. The van der Waals surface area contributed by atoms with Crippen molar-refractivity contribution in [2.45, 2.75) is 6.92 Å². The molecular formula is C17H13FN2OS. The molecule has 1 fully saturated rings. The van der Waals surface area contributed by atoms with Crippen molar-refractivity contribution in [1.82, 2.24) is 5.32 Å². The number of amidine groups is 1. The highest BCUT2D eigenvalue weighted by atomic mass is 32.2. The zero-order chi connectivity index (χ0) is 15.5. The van der Waals surface area contributed by atoms with E-state index in [-0.39, 0.29) is 11.7 Å². The van der Waals surface area contributed by atoms with E-state index in [9.17, 15) is 9.18 Å². The predicted molar refractivity (Wildman–Crippen MR) is 88.4 cm³/mol. The molecule has 110 valence electrons. The Bertz CT molecular complexity index is 764. The molecule has 0 aliphatic carbocycles. The zero-order valence-electron chi connectivity index (χ0n) is 11.8. The fraction of sp³-hybridized carbons (Fsp3) is 0.0588. The lowest BCUT2D eigenvalue weighted by molar-refractivity contribution is -0.115. The van der Waals surface area contributed by atoms with Gasteiger partial charge in [0.25, 0.3) is 5.91 Å². The van der Waals surface area contributed by atoms with E-state index in [1.165, 1.54) is 23.9 Å². The predicted octanol–water partition coefficient (Wildman–Crippen LogP) is 4.03. The monoisotopic (exact) mass is 312 g/mol. The van der Waals surface area contributed by atoms with E-state index in [1.807, 2.05) is 31.2 Å². The lowest BCUT2D eigenvalue weighted by Gasteiger charge is -1.97. The topological polar surface area (TPSA) is 41.5 Å². The second-order valence-electron chi connectivity index (χ2n) is 4.87. The highest BCUT2D eigenvalue weighted by Gasteiger charge is 2.23. The van der Waals surface area contributed by atoms with Gasteiger partial charge in [-0.1, -0.05) is 29.8 Å². The third-order valence-corrected chi connectivity index (χ3v) is 3.99. The lowest BCUT2D eigenvalue weighted by Crippen LogP contribution is -2.19. The summed E-state index contributed by atoms with van der Waals surface area (Å²) in [7, 11) is 0. The number of carbonyl (C=O) groups is 1. The van der Waals surface area contributed by atoms with Gasteiger partial charge in [0.05, 0.1) is 10.6 Å². The van der Waals surface area contributed by atoms with Gasteiger partial charge < -0.3 is 5.32 Å². The van der Waals surface area contributed by atoms with Gasteiger partial charge in [0.1, 0.15) is 5.82 Å². The Balaban J connectivity index is 1.80. The Morgan fingerprint density at radius 1 is 1.09 bits per heavy atom. The van der Waals surface area contributed by atoms with Gasteiger partial charge in [0.15, 0.2) is 5.17 Å². The van der Waals surface area contributed by atoms with Gasteiger partial charge in [-0.2, -0.15) is 0 Å². The molecule has 1 aliphatic rings. The number of carbonyl (C=O) groups excluding carboxylic acids is 1. The first-order valence-electron chi connectivity index (χ1n) is 6.72. The van der Waals surface area contributed by atoms with Crippen LogP contribution in [0.4, 0.5) is 10.1 Å². The van der Waals surface area contributed by atoms with Gasteiger partial charge in [-0.15, -0.1) is 0 Å². The van der Waals surface area contributed by atoms with Gasteiger partial charge in [-0.25, -0.2) is 9.38 Å². The van der Waals surface area contributed by atoms with Crippen LogP contribution in [-0.4, -0.2) is 11.1 Å². The number of aliphatic imine (C=N–C) groups is 1. The van der Waals surface area contributed by atoms with E-state index < -0.39 is 0 Å². The third-order valence-electron chi connectivity index (χ3n) is 3.08. The van der Waals surface area contributed by atoms with Crippen molar-refractivity contribution >= 4 is 34.6 Å². The maximum atomic E-state index is 12.9. The van der Waals surface area contributed by atoms with Crippen LogP contribution in [0.25, 0.3) is 6.08 Å². The van der Waals surface area contributed by atoms with Crippen LogP contribution in [0.5, 0.6) is 0 Å². The Morgan fingerprint density at radius 3 is 2.45 bits per heavy atom. The molecule has 1 amide bonds. The molecule has 2 aromatic carbocycles. The molecular weight excluding hydrogens is 299 g/mol. The number of nitrogens with zero attached hydrogens (tertiary/aromatic N) is 1. The number of rotatable bonds is 2. The van der Waals surface area contributed by atoms with Gasteiger partial charge in [-0.05, 0) is 54.6 Å². The van der Waals surface area contributed by atoms with Gasteiger partial charge in [0.2, 0.25) is 0 Å². The minimum absolute atomic E-state index is 0.194. The van der Waals surface area contributed by atoms with Crippen LogP contribution in [0.2, 0.25) is 0 Å². The summed E-state index contributed by atoms with van der Waals surface area (Å²) in [5.41, 5.74) is 2.72. The molecule has 0 spiro atoms. The van der Waals surface area contributed by atoms with Crippen LogP contribution in [-0.2, 0) is 4.79 Å². The van der Waals surface area contributed by atoms with Gasteiger partial charge in [0, 0.05) is 0 Å². The van der Waals surface area contributed by atoms with E-state index >= 15 is 0 Å². The van der Waals surface area contributed by atoms with E-state index in [0.29, 0.717) is 10.1 Å². The molecule has 0 radical (unpaired) electrons. The molecule has 0 atom stereocenters. The number of nitrogens with one attached hydrogen (secondary N) is 1. The average molecular weight is 312 g/mol. The summed E-state index contributed by atoms with van der Waals surface area (Å²) in [5, 5.41) is 3.27. The first-order chi connectivity index (χ1) is 10.6. The highest BCUT2D eigenvalue weighted by Crippen LogP contribution is 2.28. The van der Waals surface area contributed by atoms with Crippen LogP contribution in [0.3, 0.4) is 0 Å². The lowest BCUT2D eigenvalue weighted by atomic mass is 10.2. The van der Waals surface area contributed by atoms with Crippen molar-refractivity contribution in [3.8, 4) is 0 Å². The number of hydrogen-bond acceptors (Lipinski definition) is 3. The average Bonchev–Trinajstić information content (AvgIpc) is 2.84. The van der Waals surface area contributed by atoms with E-state index in [2.05, 4.69) is 10.3 Å². The molecule has 3 nitrogen and oxygen atoms in total. The summed E-state index contributed by atoms with van der Waals surface area (Å²) in [6.45, 7) is 2.01. The van der Waals surface area contributed by atoms with Gasteiger partial charge >= 0.3 is 0 Å². The molecule has 1 N–H and O–H groups in total. The van der Waals surface area contributed by atoms with Crippen molar-refractivity contribution in [3.63, 3.8) is 0 Å². The third kappa shape index (κ3) is 3.43. The van der Waals surface area contributed by atoms with Gasteiger partial charge in [-0.3, -0.25) is 4.79 Å². The Hall–Kier alpha value is -2.40. The largest absolute Gasteiger partial charge is 0.300 e. The van der Waals surface area contributed by atoms with Crippen molar-refractivity contribution in [2.75, 3.05) is 0 Å². The SMILES string of the molecule is Cc1ccc(N=C2NC(=O)/C(=C/c3ccc(F)cc3)S2)cc1. The number of hydrogen-bond donors (Lipinski definition) is 1.